The highest BCUT2D eigenvalue weighted by Gasteiger charge is 2.23. The molecule has 0 aromatic heterocycles. The van der Waals surface area contributed by atoms with E-state index < -0.39 is 0 Å². The first-order valence-electron chi connectivity index (χ1n) is 6.73. The van der Waals surface area contributed by atoms with Gasteiger partial charge in [-0.2, -0.15) is 5.26 Å². The minimum atomic E-state index is 0.559. The van der Waals surface area contributed by atoms with Crippen molar-refractivity contribution in [1.82, 2.24) is 0 Å². The summed E-state index contributed by atoms with van der Waals surface area (Å²) in [7, 11) is 2.07. The molecule has 1 unspecified atom stereocenters. The van der Waals surface area contributed by atoms with Crippen LogP contribution in [0.3, 0.4) is 0 Å². The Morgan fingerprint density at radius 2 is 1.95 bits per heavy atom. The van der Waals surface area contributed by atoms with E-state index in [0.717, 1.165) is 24.2 Å². The average molecular weight is 280 g/mol. The summed E-state index contributed by atoms with van der Waals surface area (Å²) in [4.78, 5) is 3.60. The second-order valence-corrected chi connectivity index (χ2v) is 6.40. The zero-order chi connectivity index (χ0) is 13.9. The van der Waals surface area contributed by atoms with Crippen molar-refractivity contribution in [3.8, 4) is 6.07 Å². The normalized spacial score (nSPS) is 16.5. The van der Waals surface area contributed by atoms with Crippen molar-refractivity contribution in [1.29, 1.82) is 5.26 Å². The maximum atomic E-state index is 9.19. The second kappa shape index (κ2) is 5.60. The van der Waals surface area contributed by atoms with Crippen LogP contribution in [0, 0.1) is 11.3 Å². The standard InChI is InChI=1S/C17H16N2S/c1-19(16-8-4-2-7-14(16)11-18)12-15-10-13-6-3-5-9-17(13)20-15/h2-9,15H,10,12H2,1H3. The van der Waals surface area contributed by atoms with Crippen LogP contribution < -0.4 is 4.90 Å². The first-order valence-corrected chi connectivity index (χ1v) is 7.60. The van der Waals surface area contributed by atoms with Gasteiger partial charge in [0.15, 0.2) is 0 Å². The molecule has 0 aliphatic carbocycles. The summed E-state index contributed by atoms with van der Waals surface area (Å²) in [6, 6.07) is 18.7. The average Bonchev–Trinajstić information content (AvgIpc) is 2.89. The van der Waals surface area contributed by atoms with Crippen LogP contribution >= 0.6 is 11.8 Å². The number of thioether (sulfide) groups is 1. The number of benzene rings is 2. The van der Waals surface area contributed by atoms with Gasteiger partial charge in [0.25, 0.3) is 0 Å². The number of nitriles is 1. The van der Waals surface area contributed by atoms with Crippen LogP contribution in [0.25, 0.3) is 0 Å². The van der Waals surface area contributed by atoms with E-state index in [0.29, 0.717) is 5.25 Å². The number of nitrogens with zero attached hydrogens (tertiary/aromatic N) is 2. The molecular formula is C17H16N2S. The molecule has 1 aliphatic heterocycles. The summed E-state index contributed by atoms with van der Waals surface area (Å²) < 4.78 is 0. The molecule has 3 rings (SSSR count). The molecular weight excluding hydrogens is 264 g/mol. The van der Waals surface area contributed by atoms with E-state index in [-0.39, 0.29) is 0 Å². The van der Waals surface area contributed by atoms with Crippen LogP contribution in [0.4, 0.5) is 5.69 Å². The molecule has 0 fully saturated rings. The maximum absolute atomic E-state index is 9.19. The monoisotopic (exact) mass is 280 g/mol. The molecule has 0 bridgehead atoms. The Balaban J connectivity index is 1.72. The minimum absolute atomic E-state index is 0.559. The molecule has 100 valence electrons. The lowest BCUT2D eigenvalue weighted by Crippen LogP contribution is -2.27. The fourth-order valence-corrected chi connectivity index (χ4v) is 4.04. The van der Waals surface area contributed by atoms with Crippen molar-refractivity contribution in [2.24, 2.45) is 0 Å². The Morgan fingerprint density at radius 1 is 1.20 bits per heavy atom. The van der Waals surface area contributed by atoms with Gasteiger partial charge in [0.2, 0.25) is 0 Å². The Labute approximate surface area is 124 Å². The van der Waals surface area contributed by atoms with E-state index in [1.54, 1.807) is 0 Å². The highest BCUT2D eigenvalue weighted by molar-refractivity contribution is 8.00. The lowest BCUT2D eigenvalue weighted by Gasteiger charge is -2.23. The number of fused-ring (bicyclic) bond motifs is 1. The fourth-order valence-electron chi connectivity index (χ4n) is 2.66. The van der Waals surface area contributed by atoms with E-state index in [1.165, 1.54) is 10.5 Å². The summed E-state index contributed by atoms with van der Waals surface area (Å²) >= 11 is 1.95. The number of rotatable bonds is 3. The van der Waals surface area contributed by atoms with Gasteiger partial charge < -0.3 is 4.90 Å². The van der Waals surface area contributed by atoms with Crippen molar-refractivity contribution in [3.05, 3.63) is 59.7 Å². The largest absolute Gasteiger partial charge is 0.372 e. The lowest BCUT2D eigenvalue weighted by molar-refractivity contribution is 0.813. The fraction of sp³-hybridized carbons (Fsp3) is 0.235. The highest BCUT2D eigenvalue weighted by Crippen LogP contribution is 2.37. The van der Waals surface area contributed by atoms with Crippen molar-refractivity contribution < 1.29 is 0 Å². The number of para-hydroxylation sites is 1. The Bertz CT molecular complexity index is 635. The molecule has 1 heterocycles. The van der Waals surface area contributed by atoms with Crippen LogP contribution in [0.1, 0.15) is 11.1 Å². The van der Waals surface area contributed by atoms with Gasteiger partial charge in [0.05, 0.1) is 11.3 Å². The second-order valence-electron chi connectivity index (χ2n) is 5.06. The van der Waals surface area contributed by atoms with Crippen molar-refractivity contribution >= 4 is 17.4 Å². The van der Waals surface area contributed by atoms with E-state index in [9.17, 15) is 5.26 Å². The van der Waals surface area contributed by atoms with Crippen LogP contribution in [-0.4, -0.2) is 18.8 Å². The smallest absolute Gasteiger partial charge is 0.101 e. The summed E-state index contributed by atoms with van der Waals surface area (Å²) in [6.45, 7) is 0.956. The summed E-state index contributed by atoms with van der Waals surface area (Å²) in [5.74, 6) is 0. The molecule has 0 N–H and O–H groups in total. The van der Waals surface area contributed by atoms with E-state index in [1.807, 2.05) is 36.0 Å². The molecule has 3 heteroatoms. The molecule has 0 saturated carbocycles. The molecule has 2 aromatic carbocycles. The van der Waals surface area contributed by atoms with Gasteiger partial charge in [-0.1, -0.05) is 30.3 Å². The van der Waals surface area contributed by atoms with Gasteiger partial charge in [-0.25, -0.2) is 0 Å². The molecule has 20 heavy (non-hydrogen) atoms. The number of hydrogen-bond donors (Lipinski definition) is 0. The Morgan fingerprint density at radius 3 is 2.75 bits per heavy atom. The third-order valence-corrected chi connectivity index (χ3v) is 4.93. The summed E-state index contributed by atoms with van der Waals surface area (Å²) in [6.07, 6.45) is 1.11. The maximum Gasteiger partial charge on any atom is 0.101 e. The zero-order valence-electron chi connectivity index (χ0n) is 11.4. The third-order valence-electron chi connectivity index (χ3n) is 3.63. The Kier molecular flexibility index (Phi) is 3.66. The summed E-state index contributed by atoms with van der Waals surface area (Å²) in [5.41, 5.74) is 3.21. The highest BCUT2D eigenvalue weighted by atomic mass is 32.2. The van der Waals surface area contributed by atoms with Crippen LogP contribution in [-0.2, 0) is 6.42 Å². The zero-order valence-corrected chi connectivity index (χ0v) is 12.2. The van der Waals surface area contributed by atoms with E-state index in [2.05, 4.69) is 42.3 Å². The predicted octanol–water partition coefficient (Wildman–Crippen LogP) is 3.71. The first kappa shape index (κ1) is 13.1. The predicted molar refractivity (Wildman–Crippen MR) is 84.2 cm³/mol. The summed E-state index contributed by atoms with van der Waals surface area (Å²) in [5, 5.41) is 9.75. The SMILES string of the molecule is CN(CC1Cc2ccccc2S1)c1ccccc1C#N. The van der Waals surface area contributed by atoms with Crippen molar-refractivity contribution in [2.45, 2.75) is 16.6 Å². The van der Waals surface area contributed by atoms with Crippen LogP contribution in [0.5, 0.6) is 0 Å². The quantitative estimate of drug-likeness (QED) is 0.857. The van der Waals surface area contributed by atoms with Gasteiger partial charge in [-0.3, -0.25) is 0 Å². The van der Waals surface area contributed by atoms with Crippen LogP contribution in [0.2, 0.25) is 0 Å². The number of anilines is 1. The molecule has 0 saturated heterocycles. The Hall–Kier alpha value is -1.92. The van der Waals surface area contributed by atoms with Gasteiger partial charge in [-0.15, -0.1) is 11.8 Å². The van der Waals surface area contributed by atoms with Crippen molar-refractivity contribution in [2.75, 3.05) is 18.5 Å². The number of hydrogen-bond acceptors (Lipinski definition) is 3. The molecule has 2 aromatic rings. The van der Waals surface area contributed by atoms with Gasteiger partial charge in [0.1, 0.15) is 6.07 Å². The van der Waals surface area contributed by atoms with E-state index >= 15 is 0 Å². The lowest BCUT2D eigenvalue weighted by atomic mass is 10.1. The van der Waals surface area contributed by atoms with Gasteiger partial charge >= 0.3 is 0 Å². The molecule has 0 radical (unpaired) electrons. The van der Waals surface area contributed by atoms with Gasteiger partial charge in [-0.05, 0) is 30.2 Å². The molecule has 0 amide bonds. The molecule has 1 aliphatic rings. The first-order chi connectivity index (χ1) is 9.78. The molecule has 1 atom stereocenters. The molecule has 2 nitrogen and oxygen atoms in total. The topological polar surface area (TPSA) is 27.0 Å². The van der Waals surface area contributed by atoms with Gasteiger partial charge in [0, 0.05) is 23.7 Å². The minimum Gasteiger partial charge on any atom is -0.372 e. The van der Waals surface area contributed by atoms with E-state index in [4.69, 9.17) is 0 Å². The van der Waals surface area contributed by atoms with Crippen LogP contribution in [0.15, 0.2) is 53.4 Å². The third kappa shape index (κ3) is 2.52. The van der Waals surface area contributed by atoms with Crippen molar-refractivity contribution in [3.63, 3.8) is 0 Å². The molecule has 0 spiro atoms.